The molecule has 33 heteroatoms. The molecule has 6 aliphatic rings. The van der Waals surface area contributed by atoms with E-state index in [0.717, 1.165) is 46.1 Å². The van der Waals surface area contributed by atoms with Crippen LogP contribution in [0.1, 0.15) is 72.1 Å². The summed E-state index contributed by atoms with van der Waals surface area (Å²) in [5.74, 6) is 4.40. The van der Waals surface area contributed by atoms with Crippen LogP contribution in [0.15, 0.2) is 129 Å². The Labute approximate surface area is 632 Å². The minimum atomic E-state index is -0.0969. The molecule has 31 nitrogen and oxygen atoms in total. The summed E-state index contributed by atoms with van der Waals surface area (Å²) >= 11 is 8.25. The molecule has 3 amide bonds. The third-order valence-electron chi connectivity index (χ3n) is 17.3. The Morgan fingerprint density at radius 3 is 1.45 bits per heavy atom. The molecule has 558 valence electrons. The lowest BCUT2D eigenvalue weighted by Crippen LogP contribution is -2.47. The number of methoxy groups -OCH3 is 2. The summed E-state index contributed by atoms with van der Waals surface area (Å²) in [6, 6.07) is 26.9. The molecule has 0 bridgehead atoms. The summed E-state index contributed by atoms with van der Waals surface area (Å²) in [5.41, 5.74) is 17.3. The number of hydrogen-bond acceptors (Lipinski definition) is 26. The number of ether oxygens (including phenoxy) is 5. The number of likely N-dealkylation sites (N-methyl/N-ethyl adjacent to an activating group) is 2. The van der Waals surface area contributed by atoms with E-state index in [4.69, 9.17) is 46.8 Å². The molecule has 2 aromatic carbocycles. The third-order valence-corrected chi connectivity index (χ3v) is 18.1. The molecule has 3 aliphatic carbocycles. The molecule has 3 aliphatic heterocycles. The maximum absolute atomic E-state index is 13.1. The van der Waals surface area contributed by atoms with Crippen LogP contribution in [-0.4, -0.2) is 183 Å². The molecule has 3 saturated heterocycles. The van der Waals surface area contributed by atoms with Gasteiger partial charge in [-0.1, -0.05) is 36.6 Å². The number of amides is 3. The van der Waals surface area contributed by atoms with Crippen LogP contribution in [0.5, 0.6) is 11.5 Å². The summed E-state index contributed by atoms with van der Waals surface area (Å²) in [6.07, 6.45) is 20.4. The normalized spacial score (nSPS) is 16.7. The van der Waals surface area contributed by atoms with Gasteiger partial charge in [-0.2, -0.15) is 10.2 Å². The number of aromatic nitrogens is 11. The maximum atomic E-state index is 13.1. The number of anilines is 10. The first-order valence-corrected chi connectivity index (χ1v) is 36.0. The van der Waals surface area contributed by atoms with E-state index in [-0.39, 0.29) is 60.9 Å². The number of benzene rings is 2. The summed E-state index contributed by atoms with van der Waals surface area (Å²) in [7, 11) is 10.9. The number of hydrogen-bond donors (Lipinski definition) is 8. The topological polar surface area (TPSA) is 388 Å². The number of nitrogen functional groups attached to an aromatic ring is 2. The lowest BCUT2D eigenvalue weighted by atomic mass is 9.91. The number of nitrogens with two attached hydrogens (primary N) is 2. The quantitative estimate of drug-likeness (QED) is 0.0226. The van der Waals surface area contributed by atoms with Crippen LogP contribution in [0.2, 0.25) is 5.15 Å². The van der Waals surface area contributed by atoms with E-state index < -0.39 is 0 Å². The number of nitrogens with zero attached hydrogens (tertiary/aromatic N) is 13. The van der Waals surface area contributed by atoms with Gasteiger partial charge in [-0.15, -0.1) is 0 Å². The van der Waals surface area contributed by atoms with Gasteiger partial charge in [0, 0.05) is 85.9 Å². The van der Waals surface area contributed by atoms with E-state index in [2.05, 4.69) is 114 Å². The molecule has 10 heterocycles. The fourth-order valence-corrected chi connectivity index (χ4v) is 12.0. The van der Waals surface area contributed by atoms with Crippen molar-refractivity contribution in [2.75, 3.05) is 125 Å². The van der Waals surface area contributed by atoms with Gasteiger partial charge in [0.1, 0.15) is 60.9 Å². The largest absolute Gasteiger partial charge is 0.494 e. The summed E-state index contributed by atoms with van der Waals surface area (Å²) in [6.45, 7) is 3.89. The Hall–Kier alpha value is -10.4. The first kappa shape index (κ1) is 78.2. The van der Waals surface area contributed by atoms with E-state index in [0.29, 0.717) is 143 Å². The van der Waals surface area contributed by atoms with Gasteiger partial charge in [0.15, 0.2) is 34.7 Å². The zero-order valence-electron chi connectivity index (χ0n) is 59.8. The third kappa shape index (κ3) is 22.1. The molecule has 2 atom stereocenters. The summed E-state index contributed by atoms with van der Waals surface area (Å²) in [5, 5.41) is 28.2. The van der Waals surface area contributed by atoms with E-state index >= 15 is 0 Å². The second-order valence-electron chi connectivity index (χ2n) is 25.0. The lowest BCUT2D eigenvalue weighted by Gasteiger charge is -2.30. The van der Waals surface area contributed by atoms with E-state index in [1.54, 1.807) is 121 Å². The zero-order chi connectivity index (χ0) is 75.1. The van der Waals surface area contributed by atoms with Crippen LogP contribution < -0.4 is 62.6 Å². The monoisotopic (exact) mass is 1580 g/mol. The number of pyridine rings is 5. The summed E-state index contributed by atoms with van der Waals surface area (Å²) in [4.78, 5) is 92.3. The SMILES string of the molecule is CN[C@H]1CCCC[C@H]1NC.COc1c(Nc2cc(Cl)ncc2C(=O)C2CC2)cccc1-c1ncn(C)n1.COc1c(Nc2cc(Nc3ccc(N4CCOCC4=O)cn3)ncc2C(=O)C2CC2)cccc1-c1ncn(C)n1.Nc1ccc(I)cn1.Nc1ccc(N2CCOCC2=O)cn1.O=C1COCCN1. The highest BCUT2D eigenvalue weighted by Crippen LogP contribution is 2.42. The number of halogens is 2. The number of aryl methyl sites for hydroxylation is 2. The van der Waals surface area contributed by atoms with Crippen LogP contribution >= 0.6 is 34.2 Å². The first-order valence-electron chi connectivity index (χ1n) is 34.5. The van der Waals surface area contributed by atoms with Crippen LogP contribution in [0.25, 0.3) is 22.8 Å². The van der Waals surface area contributed by atoms with Crippen molar-refractivity contribution in [2.24, 2.45) is 25.9 Å². The minimum Gasteiger partial charge on any atom is -0.494 e. The Balaban J connectivity index is 0.000000155. The number of carbonyl (C=O) groups is 5. The number of para-hydroxylation sites is 2. The molecule has 0 unspecified atom stereocenters. The second kappa shape index (κ2) is 38.6. The number of ketones is 2. The number of rotatable bonds is 18. The number of nitrogens with one attached hydrogen (secondary N) is 6. The number of morpholine rings is 3. The molecular weight excluding hydrogens is 1490 g/mol. The highest BCUT2D eigenvalue weighted by atomic mass is 127. The summed E-state index contributed by atoms with van der Waals surface area (Å²) < 4.78 is 30.7. The Kier molecular flexibility index (Phi) is 28.5. The van der Waals surface area contributed by atoms with Gasteiger partial charge in [0.05, 0.1) is 103 Å². The molecule has 9 aromatic rings. The molecule has 106 heavy (non-hydrogen) atoms. The van der Waals surface area contributed by atoms with E-state index in [1.165, 1.54) is 31.9 Å². The lowest BCUT2D eigenvalue weighted by molar-refractivity contribution is -0.129. The van der Waals surface area contributed by atoms with Gasteiger partial charge in [-0.05, 0) is 142 Å². The predicted octanol–water partition coefficient (Wildman–Crippen LogP) is 8.76. The van der Waals surface area contributed by atoms with E-state index in [9.17, 15) is 24.0 Å². The van der Waals surface area contributed by atoms with Crippen LogP contribution in [-0.2, 0) is 42.7 Å². The predicted molar refractivity (Wildman–Crippen MR) is 412 cm³/mol. The van der Waals surface area contributed by atoms with Gasteiger partial charge in [-0.3, -0.25) is 33.3 Å². The highest BCUT2D eigenvalue weighted by Gasteiger charge is 2.34. The molecule has 7 aromatic heterocycles. The smallest absolute Gasteiger partial charge is 0.253 e. The van der Waals surface area contributed by atoms with Gasteiger partial charge in [0.2, 0.25) is 5.91 Å². The number of Topliss-reactive ketones (excluding diaryl/α,β-unsaturated/α-hetero) is 2. The van der Waals surface area contributed by atoms with Crippen molar-refractivity contribution in [3.8, 4) is 34.3 Å². The van der Waals surface area contributed by atoms with Gasteiger partial charge < -0.3 is 76.9 Å². The standard InChI is InChI=1S/C28H28N8O4.C19H18ClN5O2.C9H11N3O2.C8H18N2.C5H5IN2.C4H7NO2/c1-35-16-31-28(34-35)19-4-3-5-21(27(19)39-2)32-22-12-24(30-14-20(22)26(38)17-6-7-17)33-23-9-8-18(13-29-23)36-10-11-40-15-25(36)37;1-25-10-22-19(24-25)12-4-3-5-14(18(12)27-2)23-15-8-16(20)21-9-13(15)17(26)11-6-7-11;10-8-2-1-7(5-11-8)12-3-4-14-6-9(12)13;1-9-7-5-3-4-6-8(7)10-2;6-4-1-2-5(7)8-3-4;6-4-3-7-2-1-5-4/h3-5,8-9,12-14,16-17H,6-7,10-11,15H2,1-2H3,(H2,29,30,32,33);3-5,8-11H,6-7H2,1-2H3,(H,21,23);1-2,5H,3-4,6H2,(H2,10,11);7-10H,3-6H2,1-2H3;1-3H,(H2,7,8);1-3H2,(H,5,6)/t;;;7-,8+;;. The first-order chi connectivity index (χ1) is 51.4. The highest BCUT2D eigenvalue weighted by molar-refractivity contribution is 14.1. The van der Waals surface area contributed by atoms with Crippen LogP contribution in [0.3, 0.4) is 0 Å². The molecule has 0 radical (unpaired) electrons. The molecule has 3 saturated carbocycles. The average Bonchev–Trinajstić information content (AvgIpc) is 1.44. The van der Waals surface area contributed by atoms with Crippen molar-refractivity contribution < 1.29 is 47.7 Å². The van der Waals surface area contributed by atoms with Crippen molar-refractivity contribution in [3.63, 3.8) is 0 Å². The van der Waals surface area contributed by atoms with Crippen molar-refractivity contribution in [1.82, 2.24) is 70.4 Å². The number of carbonyl (C=O) groups excluding carboxylic acids is 5. The van der Waals surface area contributed by atoms with E-state index in [1.807, 2.05) is 48.5 Å². The van der Waals surface area contributed by atoms with Crippen LogP contribution in [0.4, 0.5) is 57.4 Å². The van der Waals surface area contributed by atoms with Crippen molar-refractivity contribution >= 4 is 121 Å². The fraction of sp³-hybridized carbons (Fsp3) is 0.370. The molecular formula is C73H87ClIN21O10. The zero-order valence-corrected chi connectivity index (χ0v) is 62.7. The fourth-order valence-electron chi connectivity index (χ4n) is 11.5. The van der Waals surface area contributed by atoms with Gasteiger partial charge in [0.25, 0.3) is 11.8 Å². The molecule has 15 rings (SSSR count). The molecule has 10 N–H and O–H groups in total. The average molecular weight is 1580 g/mol. The van der Waals surface area contributed by atoms with Gasteiger partial charge >= 0.3 is 0 Å². The Bertz CT molecular complexity index is 4390. The maximum Gasteiger partial charge on any atom is 0.253 e. The molecule has 0 spiro atoms. The van der Waals surface area contributed by atoms with Crippen molar-refractivity contribution in [2.45, 2.75) is 63.5 Å². The van der Waals surface area contributed by atoms with Crippen molar-refractivity contribution in [1.29, 1.82) is 0 Å². The second-order valence-corrected chi connectivity index (χ2v) is 26.6. The molecule has 6 fully saturated rings. The van der Waals surface area contributed by atoms with Gasteiger partial charge in [-0.25, -0.2) is 34.9 Å². The van der Waals surface area contributed by atoms with Crippen molar-refractivity contribution in [3.05, 3.63) is 148 Å². The minimum absolute atomic E-state index is 0.00810. The Morgan fingerprint density at radius 2 is 1.05 bits per heavy atom. The Morgan fingerprint density at radius 1 is 0.557 bits per heavy atom. The van der Waals surface area contributed by atoms with Crippen LogP contribution in [0, 0.1) is 15.4 Å².